The second-order valence-electron chi connectivity index (χ2n) is 10.5. The molecule has 0 unspecified atom stereocenters. The van der Waals surface area contributed by atoms with Gasteiger partial charge in [-0.1, -0.05) is 18.2 Å². The van der Waals surface area contributed by atoms with E-state index in [4.69, 9.17) is 26.7 Å². The van der Waals surface area contributed by atoms with Crippen LogP contribution in [0.3, 0.4) is 0 Å². The summed E-state index contributed by atoms with van der Waals surface area (Å²) in [6, 6.07) is 16.3. The maximum absolute atomic E-state index is 13.0. The highest BCUT2D eigenvalue weighted by Gasteiger charge is 2.15. The van der Waals surface area contributed by atoms with Gasteiger partial charge in [0, 0.05) is 6.92 Å². The fraction of sp³-hybridized carbons (Fsp3) is 0.188. The summed E-state index contributed by atoms with van der Waals surface area (Å²) < 4.78 is 10.8. The van der Waals surface area contributed by atoms with Crippen molar-refractivity contribution in [2.75, 3.05) is 35.7 Å². The zero-order valence-electron chi connectivity index (χ0n) is 27.2. The molecule has 0 radical (unpaired) electrons. The van der Waals surface area contributed by atoms with Gasteiger partial charge in [0.2, 0.25) is 11.8 Å². The highest BCUT2D eigenvalue weighted by Crippen LogP contribution is 2.34. The van der Waals surface area contributed by atoms with Crippen LogP contribution in [0.5, 0.6) is 11.5 Å². The minimum absolute atomic E-state index is 0.0253. The summed E-state index contributed by atoms with van der Waals surface area (Å²) in [6.07, 6.45) is -0.205. The van der Waals surface area contributed by atoms with Crippen LogP contribution in [0.15, 0.2) is 87.2 Å². The first-order valence-electron chi connectivity index (χ1n) is 14.9. The van der Waals surface area contributed by atoms with Crippen molar-refractivity contribution in [2.24, 2.45) is 26.2 Å². The van der Waals surface area contributed by atoms with Gasteiger partial charge in [-0.05, 0) is 68.1 Å². The Labute approximate surface area is 285 Å². The van der Waals surface area contributed by atoms with Crippen LogP contribution in [0.4, 0.5) is 46.0 Å². The number of benzene rings is 2. The summed E-state index contributed by atoms with van der Waals surface area (Å²) in [4.78, 5) is 56.6. The molecule has 258 valence electrons. The first-order chi connectivity index (χ1) is 23.9. The van der Waals surface area contributed by atoms with Gasteiger partial charge in [0.25, 0.3) is 0 Å². The number of nitrogen functional groups attached to an aromatic ring is 2. The molecular formula is C32H34N12O6. The van der Waals surface area contributed by atoms with Crippen molar-refractivity contribution in [1.29, 1.82) is 0 Å². The van der Waals surface area contributed by atoms with Crippen LogP contribution in [-0.2, 0) is 25.6 Å². The Bertz CT molecular complexity index is 1960. The summed E-state index contributed by atoms with van der Waals surface area (Å²) in [5, 5.41) is 24.4. The third kappa shape index (κ3) is 10.4. The standard InChI is InChI=1S/C32H34N12O6/c1-17(33)32(48)40-27-13-10-22(31(35)39-27)43-44-23-14-19(8-11-25(23)49-18(2)45)15-29(47)50-24-7-5-4-6-20(24)41-42-21-9-12-26(38-30(21)34)37-28(46)16-36-3/h4-14,17,36H,15-16,33H2,1-3H3,(H3,34,37,38,46)(H3,35,39,40,48)/b42-41+,44-43+/t17-/m0/s1. The summed E-state index contributed by atoms with van der Waals surface area (Å²) in [6.45, 7) is 2.85. The lowest BCUT2D eigenvalue weighted by molar-refractivity contribution is -0.134. The molecular weight excluding hydrogens is 648 g/mol. The molecule has 2 aromatic carbocycles. The van der Waals surface area contributed by atoms with Gasteiger partial charge in [-0.25, -0.2) is 9.97 Å². The first kappa shape index (κ1) is 36.2. The number of esters is 2. The zero-order valence-corrected chi connectivity index (χ0v) is 27.2. The number of carbonyl (C=O) groups excluding carboxylic acids is 4. The Morgan fingerprint density at radius 3 is 1.94 bits per heavy atom. The summed E-state index contributed by atoms with van der Waals surface area (Å²) in [5.41, 5.74) is 18.8. The molecule has 4 aromatic rings. The van der Waals surface area contributed by atoms with Crippen LogP contribution in [-0.4, -0.2) is 53.4 Å². The van der Waals surface area contributed by atoms with Crippen molar-refractivity contribution in [1.82, 2.24) is 15.3 Å². The molecule has 0 fully saturated rings. The van der Waals surface area contributed by atoms with Gasteiger partial charge in [0.15, 0.2) is 23.1 Å². The van der Waals surface area contributed by atoms with Crippen LogP contribution >= 0.6 is 0 Å². The smallest absolute Gasteiger partial charge is 0.315 e. The molecule has 50 heavy (non-hydrogen) atoms. The van der Waals surface area contributed by atoms with E-state index < -0.39 is 23.9 Å². The maximum Gasteiger partial charge on any atom is 0.315 e. The highest BCUT2D eigenvalue weighted by atomic mass is 16.5. The number of nitrogens with two attached hydrogens (primary N) is 3. The third-order valence-electron chi connectivity index (χ3n) is 6.32. The van der Waals surface area contributed by atoms with Gasteiger partial charge in [0.05, 0.1) is 19.0 Å². The minimum Gasteiger partial charge on any atom is -0.424 e. The van der Waals surface area contributed by atoms with Gasteiger partial charge in [-0.2, -0.15) is 0 Å². The molecule has 0 aliphatic carbocycles. The number of hydrogen-bond donors (Lipinski definition) is 6. The van der Waals surface area contributed by atoms with E-state index in [0.29, 0.717) is 5.56 Å². The Kier molecular flexibility index (Phi) is 12.3. The summed E-state index contributed by atoms with van der Waals surface area (Å²) in [5.74, 6) is -1.35. The van der Waals surface area contributed by atoms with E-state index in [1.165, 1.54) is 50.2 Å². The van der Waals surface area contributed by atoms with Gasteiger partial charge >= 0.3 is 11.9 Å². The molecule has 0 aliphatic rings. The molecule has 18 heteroatoms. The van der Waals surface area contributed by atoms with E-state index in [0.717, 1.165) is 0 Å². The topological polar surface area (TPSA) is 276 Å². The van der Waals surface area contributed by atoms with Crippen molar-refractivity contribution >= 4 is 69.8 Å². The number of nitrogens with zero attached hydrogens (tertiary/aromatic N) is 6. The molecule has 0 spiro atoms. The number of likely N-dealkylation sites (N-methyl/N-ethyl adjacent to an activating group) is 1. The number of amides is 2. The van der Waals surface area contributed by atoms with Gasteiger partial charge in [0.1, 0.15) is 34.4 Å². The average Bonchev–Trinajstić information content (AvgIpc) is 3.05. The lowest BCUT2D eigenvalue weighted by Crippen LogP contribution is -2.32. The van der Waals surface area contributed by atoms with Gasteiger partial charge in [-0.3, -0.25) is 19.2 Å². The molecule has 0 saturated carbocycles. The fourth-order valence-corrected chi connectivity index (χ4v) is 3.99. The predicted octanol–water partition coefficient (Wildman–Crippen LogP) is 3.99. The van der Waals surface area contributed by atoms with Crippen LogP contribution in [0.25, 0.3) is 0 Å². The second-order valence-corrected chi connectivity index (χ2v) is 10.5. The number of rotatable bonds is 13. The first-order valence-corrected chi connectivity index (χ1v) is 14.9. The van der Waals surface area contributed by atoms with Crippen molar-refractivity contribution in [3.63, 3.8) is 0 Å². The molecule has 0 aliphatic heterocycles. The summed E-state index contributed by atoms with van der Waals surface area (Å²) >= 11 is 0. The monoisotopic (exact) mass is 682 g/mol. The predicted molar refractivity (Wildman–Crippen MR) is 184 cm³/mol. The van der Waals surface area contributed by atoms with Crippen molar-refractivity contribution in [3.05, 3.63) is 72.3 Å². The van der Waals surface area contributed by atoms with Crippen molar-refractivity contribution in [2.45, 2.75) is 26.3 Å². The Balaban J connectivity index is 1.48. The van der Waals surface area contributed by atoms with E-state index in [9.17, 15) is 19.2 Å². The molecule has 2 amide bonds. The minimum atomic E-state index is -0.750. The molecule has 18 nitrogen and oxygen atoms in total. The Morgan fingerprint density at radius 2 is 1.34 bits per heavy atom. The number of azo groups is 2. The highest BCUT2D eigenvalue weighted by molar-refractivity contribution is 5.94. The quantitative estimate of drug-likeness (QED) is 0.0663. The van der Waals surface area contributed by atoms with Crippen LogP contribution in [0, 0.1) is 0 Å². The van der Waals surface area contributed by atoms with E-state index in [1.54, 1.807) is 37.4 Å². The molecule has 9 N–H and O–H groups in total. The zero-order chi connectivity index (χ0) is 36.2. The second kappa shape index (κ2) is 16.9. The van der Waals surface area contributed by atoms with E-state index in [-0.39, 0.29) is 76.4 Å². The molecule has 4 rings (SSSR count). The number of nitrogens with one attached hydrogen (secondary N) is 3. The SMILES string of the molecule is CNCC(=O)Nc1ccc(/N=N/c2ccccc2OC(=O)Cc2ccc(OC(C)=O)c(/N=N/c3ccc(NC(=O)[C@H](C)N)nc3N)c2)c(N)n1. The van der Waals surface area contributed by atoms with Gasteiger partial charge < -0.3 is 42.6 Å². The third-order valence-corrected chi connectivity index (χ3v) is 6.32. The lowest BCUT2D eigenvalue weighted by atomic mass is 10.1. The molecule has 0 bridgehead atoms. The number of aromatic nitrogens is 2. The van der Waals surface area contributed by atoms with E-state index >= 15 is 0 Å². The van der Waals surface area contributed by atoms with Crippen molar-refractivity contribution < 1.29 is 28.7 Å². The fourth-order valence-electron chi connectivity index (χ4n) is 3.99. The normalized spacial score (nSPS) is 11.7. The molecule has 0 saturated heterocycles. The maximum atomic E-state index is 13.0. The largest absolute Gasteiger partial charge is 0.424 e. The van der Waals surface area contributed by atoms with Crippen LogP contribution in [0.1, 0.15) is 19.4 Å². The number of ether oxygens (including phenoxy) is 2. The van der Waals surface area contributed by atoms with Gasteiger partial charge in [-0.15, -0.1) is 20.5 Å². The van der Waals surface area contributed by atoms with Crippen molar-refractivity contribution in [3.8, 4) is 11.5 Å². The molecule has 2 aromatic heterocycles. The lowest BCUT2D eigenvalue weighted by Gasteiger charge is -2.10. The Hall–Kier alpha value is -6.66. The average molecular weight is 683 g/mol. The molecule has 2 heterocycles. The number of hydrogen-bond acceptors (Lipinski definition) is 16. The van der Waals surface area contributed by atoms with Crippen LogP contribution < -0.4 is 42.6 Å². The summed E-state index contributed by atoms with van der Waals surface area (Å²) in [7, 11) is 1.64. The van der Waals surface area contributed by atoms with Crippen LogP contribution in [0.2, 0.25) is 0 Å². The van der Waals surface area contributed by atoms with E-state index in [1.807, 2.05) is 0 Å². The number of carbonyl (C=O) groups is 4. The molecule has 1 atom stereocenters. The number of pyridine rings is 2. The Morgan fingerprint density at radius 1 is 0.760 bits per heavy atom. The number of para-hydroxylation sites is 1. The number of anilines is 4. The van der Waals surface area contributed by atoms with E-state index in [2.05, 4.69) is 46.4 Å².